The maximum atomic E-state index is 15.1. The zero-order valence-corrected chi connectivity index (χ0v) is 19.9. The molecule has 1 aromatic heterocycles. The SMILES string of the molecule is Cc1ccc(C2CC23C(=O)Nc2cc(Cl)c(-c4ccc(-c5ccncc5)c(F)c4)cc23)cc1C(=O)O. The number of fused-ring (bicyclic) bond motifs is 2. The summed E-state index contributed by atoms with van der Waals surface area (Å²) in [6.45, 7) is 1.75. The molecule has 0 saturated heterocycles. The second-order valence-electron chi connectivity index (χ2n) is 9.37. The number of carboxylic acid groups (broad SMARTS) is 1. The fraction of sp³-hybridized carbons (Fsp3) is 0.138. The third kappa shape index (κ3) is 3.33. The second-order valence-corrected chi connectivity index (χ2v) is 9.78. The quantitative estimate of drug-likeness (QED) is 0.332. The zero-order valence-electron chi connectivity index (χ0n) is 19.2. The number of nitrogens with one attached hydrogen (secondary N) is 1. The van der Waals surface area contributed by atoms with Gasteiger partial charge in [-0.25, -0.2) is 9.18 Å². The van der Waals surface area contributed by atoms with Crippen molar-refractivity contribution in [2.24, 2.45) is 0 Å². The number of benzene rings is 3. The molecule has 1 saturated carbocycles. The van der Waals surface area contributed by atoms with Crippen LogP contribution in [0.15, 0.2) is 73.1 Å². The van der Waals surface area contributed by atoms with Gasteiger partial charge >= 0.3 is 5.97 Å². The van der Waals surface area contributed by atoms with Crippen molar-refractivity contribution in [3.05, 3.63) is 106 Å². The molecule has 1 aliphatic heterocycles. The highest BCUT2D eigenvalue weighted by atomic mass is 35.5. The maximum absolute atomic E-state index is 15.1. The molecule has 1 fully saturated rings. The molecule has 2 unspecified atom stereocenters. The number of halogens is 2. The average Bonchev–Trinajstić information content (AvgIpc) is 3.55. The van der Waals surface area contributed by atoms with E-state index in [0.29, 0.717) is 39.4 Å². The van der Waals surface area contributed by atoms with Crippen molar-refractivity contribution in [2.75, 3.05) is 5.32 Å². The summed E-state index contributed by atoms with van der Waals surface area (Å²) in [4.78, 5) is 28.8. The first-order valence-electron chi connectivity index (χ1n) is 11.5. The molecule has 5 nitrogen and oxygen atoms in total. The third-order valence-electron chi connectivity index (χ3n) is 7.37. The number of carbonyl (C=O) groups is 2. The number of aromatic nitrogens is 1. The number of carboxylic acids is 1. The Labute approximate surface area is 211 Å². The molecule has 6 rings (SSSR count). The van der Waals surface area contributed by atoms with Crippen LogP contribution < -0.4 is 5.32 Å². The van der Waals surface area contributed by atoms with Crippen LogP contribution in [0.5, 0.6) is 0 Å². The monoisotopic (exact) mass is 498 g/mol. The Hall–Kier alpha value is -4.03. The van der Waals surface area contributed by atoms with Crippen molar-refractivity contribution in [3.8, 4) is 22.3 Å². The number of anilines is 1. The number of aryl methyl sites for hydroxylation is 1. The summed E-state index contributed by atoms with van der Waals surface area (Å²) in [5, 5.41) is 12.9. The van der Waals surface area contributed by atoms with Crippen LogP contribution in [0.2, 0.25) is 5.02 Å². The van der Waals surface area contributed by atoms with Crippen molar-refractivity contribution >= 4 is 29.2 Å². The first-order valence-corrected chi connectivity index (χ1v) is 11.9. The van der Waals surface area contributed by atoms with E-state index in [2.05, 4.69) is 10.3 Å². The van der Waals surface area contributed by atoms with Gasteiger partial charge in [0.2, 0.25) is 5.91 Å². The predicted molar refractivity (Wildman–Crippen MR) is 136 cm³/mol. The third-order valence-corrected chi connectivity index (χ3v) is 7.68. The van der Waals surface area contributed by atoms with Crippen molar-refractivity contribution in [1.82, 2.24) is 4.98 Å². The summed E-state index contributed by atoms with van der Waals surface area (Å²) in [5.74, 6) is -1.67. The Bertz CT molecular complexity index is 1590. The Morgan fingerprint density at radius 3 is 2.56 bits per heavy atom. The topological polar surface area (TPSA) is 79.3 Å². The summed E-state index contributed by atoms with van der Waals surface area (Å²) in [6.07, 6.45) is 3.79. The van der Waals surface area contributed by atoms with Gasteiger partial charge < -0.3 is 10.4 Å². The standard InChI is InChI=1S/C29H20ClFN2O3/c1-15-2-3-18(10-20(15)27(34)35)23-14-29(23)22-12-21(24(30)13-26(22)33-28(29)36)17-4-5-19(25(31)11-17)16-6-8-32-9-7-16/h2-13,23H,14H2,1H3,(H,33,36)(H,34,35). The molecule has 3 aromatic carbocycles. The van der Waals surface area contributed by atoms with Crippen LogP contribution in [0.4, 0.5) is 10.1 Å². The van der Waals surface area contributed by atoms with Gasteiger partial charge in [-0.15, -0.1) is 0 Å². The molecule has 0 radical (unpaired) electrons. The highest BCUT2D eigenvalue weighted by Crippen LogP contribution is 2.65. The van der Waals surface area contributed by atoms with Gasteiger partial charge in [-0.05, 0) is 77.6 Å². The van der Waals surface area contributed by atoms with Gasteiger partial charge in [-0.2, -0.15) is 0 Å². The van der Waals surface area contributed by atoms with Crippen molar-refractivity contribution in [3.63, 3.8) is 0 Å². The average molecular weight is 499 g/mol. The normalized spacial score (nSPS) is 19.8. The zero-order chi connectivity index (χ0) is 25.2. The number of carbonyl (C=O) groups excluding carboxylic acids is 1. The summed E-state index contributed by atoms with van der Waals surface area (Å²) < 4.78 is 15.1. The fourth-order valence-corrected chi connectivity index (χ4v) is 5.64. The Morgan fingerprint density at radius 2 is 1.83 bits per heavy atom. The summed E-state index contributed by atoms with van der Waals surface area (Å²) in [7, 11) is 0. The molecule has 4 aromatic rings. The highest BCUT2D eigenvalue weighted by molar-refractivity contribution is 6.34. The lowest BCUT2D eigenvalue weighted by Gasteiger charge is -2.14. The molecular formula is C29H20ClFN2O3. The predicted octanol–water partition coefficient (Wildman–Crippen LogP) is 6.59. The summed E-state index contributed by atoms with van der Waals surface area (Å²) in [5.41, 5.74) is 4.77. The molecular weight excluding hydrogens is 479 g/mol. The molecule has 2 aliphatic rings. The molecule has 2 heterocycles. The van der Waals surface area contributed by atoms with Gasteiger partial charge in [-0.1, -0.05) is 35.9 Å². The van der Waals surface area contributed by atoms with Gasteiger partial charge in [-0.3, -0.25) is 9.78 Å². The van der Waals surface area contributed by atoms with Crippen molar-refractivity contribution in [1.29, 1.82) is 0 Å². The molecule has 0 bridgehead atoms. The summed E-state index contributed by atoms with van der Waals surface area (Å²) in [6, 6.07) is 17.4. The number of hydrogen-bond acceptors (Lipinski definition) is 3. The Morgan fingerprint density at radius 1 is 1.06 bits per heavy atom. The lowest BCUT2D eigenvalue weighted by molar-refractivity contribution is -0.118. The van der Waals surface area contributed by atoms with Crippen LogP contribution in [0.3, 0.4) is 0 Å². The first-order chi connectivity index (χ1) is 17.3. The van der Waals surface area contributed by atoms with Crippen molar-refractivity contribution < 1.29 is 19.1 Å². The van der Waals surface area contributed by atoms with E-state index in [0.717, 1.165) is 16.7 Å². The number of hydrogen-bond donors (Lipinski definition) is 2. The van der Waals surface area contributed by atoms with Gasteiger partial charge in [0.05, 0.1) is 16.0 Å². The first kappa shape index (κ1) is 22.4. The van der Waals surface area contributed by atoms with Crippen LogP contribution >= 0.6 is 11.6 Å². The smallest absolute Gasteiger partial charge is 0.335 e. The van der Waals surface area contributed by atoms with Crippen LogP contribution in [-0.2, 0) is 10.2 Å². The molecule has 2 atom stereocenters. The molecule has 1 aliphatic carbocycles. The number of rotatable bonds is 4. The fourth-order valence-electron chi connectivity index (χ4n) is 5.37. The van der Waals surface area contributed by atoms with E-state index in [4.69, 9.17) is 11.6 Å². The molecule has 1 amide bonds. The highest BCUT2D eigenvalue weighted by Gasteiger charge is 2.65. The molecule has 178 valence electrons. The van der Waals surface area contributed by atoms with E-state index in [9.17, 15) is 14.7 Å². The molecule has 36 heavy (non-hydrogen) atoms. The number of pyridine rings is 1. The minimum atomic E-state index is -0.994. The van der Waals surface area contributed by atoms with E-state index in [1.165, 1.54) is 6.07 Å². The van der Waals surface area contributed by atoms with E-state index >= 15 is 4.39 Å². The number of amides is 1. The Kier molecular flexibility index (Phi) is 4.99. The second kappa shape index (κ2) is 8.00. The maximum Gasteiger partial charge on any atom is 0.335 e. The van der Waals surface area contributed by atoms with Gasteiger partial charge in [0.15, 0.2) is 0 Å². The lowest BCUT2D eigenvalue weighted by atomic mass is 9.89. The Balaban J connectivity index is 1.41. The molecule has 7 heteroatoms. The minimum Gasteiger partial charge on any atom is -0.478 e. The van der Waals surface area contributed by atoms with E-state index < -0.39 is 11.4 Å². The number of aromatic carboxylic acids is 1. The van der Waals surface area contributed by atoms with Crippen molar-refractivity contribution in [2.45, 2.75) is 24.7 Å². The minimum absolute atomic E-state index is 0.132. The number of nitrogens with zero attached hydrogens (tertiary/aromatic N) is 1. The molecule has 1 spiro atoms. The van der Waals surface area contributed by atoms with E-state index in [1.54, 1.807) is 55.7 Å². The van der Waals surface area contributed by atoms with Crippen LogP contribution in [-0.4, -0.2) is 22.0 Å². The van der Waals surface area contributed by atoms with E-state index in [-0.39, 0.29) is 23.2 Å². The van der Waals surface area contributed by atoms with Crippen LogP contribution in [0.25, 0.3) is 22.3 Å². The van der Waals surface area contributed by atoms with Gasteiger partial charge in [0.25, 0.3) is 0 Å². The van der Waals surface area contributed by atoms with E-state index in [1.807, 2.05) is 18.2 Å². The van der Waals surface area contributed by atoms with Gasteiger partial charge in [0, 0.05) is 35.1 Å². The van der Waals surface area contributed by atoms with Crippen LogP contribution in [0, 0.1) is 12.7 Å². The lowest BCUT2D eigenvalue weighted by Crippen LogP contribution is -2.21. The molecule has 2 N–H and O–H groups in total. The summed E-state index contributed by atoms with van der Waals surface area (Å²) >= 11 is 6.59. The van der Waals surface area contributed by atoms with Crippen LogP contribution in [0.1, 0.15) is 39.4 Å². The largest absolute Gasteiger partial charge is 0.478 e. The van der Waals surface area contributed by atoms with Gasteiger partial charge in [0.1, 0.15) is 5.82 Å².